The topological polar surface area (TPSA) is 143 Å². The summed E-state index contributed by atoms with van der Waals surface area (Å²) in [6, 6.07) is 15.2. The number of hydrogen-bond donors (Lipinski definition) is 2. The number of carbonyl (C=O) groups is 3. The highest BCUT2D eigenvalue weighted by Crippen LogP contribution is 2.34. The van der Waals surface area contributed by atoms with E-state index in [1.807, 2.05) is 22.8 Å². The van der Waals surface area contributed by atoms with Gasteiger partial charge in [-0.2, -0.15) is 5.10 Å². The van der Waals surface area contributed by atoms with E-state index < -0.39 is 27.8 Å². The van der Waals surface area contributed by atoms with Crippen LogP contribution < -0.4 is 5.32 Å². The summed E-state index contributed by atoms with van der Waals surface area (Å²) >= 11 is 6.60. The maximum absolute atomic E-state index is 13.4. The van der Waals surface area contributed by atoms with Crippen molar-refractivity contribution in [2.45, 2.75) is 30.6 Å². The second kappa shape index (κ2) is 10.3. The van der Waals surface area contributed by atoms with Crippen LogP contribution >= 0.6 is 11.6 Å². The van der Waals surface area contributed by atoms with Crippen molar-refractivity contribution in [3.8, 4) is 0 Å². The normalized spacial score (nSPS) is 13.8. The number of nitrogens with zero attached hydrogens (tertiary/aromatic N) is 4. The van der Waals surface area contributed by atoms with E-state index in [4.69, 9.17) is 11.6 Å². The first-order valence-electron chi connectivity index (χ1n) is 12.9. The second-order valence-corrected chi connectivity index (χ2v) is 12.6. The van der Waals surface area contributed by atoms with E-state index in [2.05, 4.69) is 10.4 Å². The number of halogens is 1. The van der Waals surface area contributed by atoms with Crippen LogP contribution in [0.25, 0.3) is 16.4 Å². The van der Waals surface area contributed by atoms with Crippen LogP contribution in [0, 0.1) is 0 Å². The number of benzene rings is 2. The minimum Gasteiger partial charge on any atom is -0.480 e. The van der Waals surface area contributed by atoms with Gasteiger partial charge in [-0.05, 0) is 53.6 Å². The van der Waals surface area contributed by atoms with Crippen molar-refractivity contribution >= 4 is 55.6 Å². The molecule has 2 amide bonds. The molecule has 214 valence electrons. The zero-order valence-corrected chi connectivity index (χ0v) is 23.8. The summed E-state index contributed by atoms with van der Waals surface area (Å²) in [6.07, 6.45) is 4.44. The molecule has 5 aromatic rings. The number of sulfone groups is 1. The van der Waals surface area contributed by atoms with Crippen molar-refractivity contribution in [1.82, 2.24) is 24.4 Å². The van der Waals surface area contributed by atoms with Crippen molar-refractivity contribution in [1.29, 1.82) is 0 Å². The predicted molar refractivity (Wildman–Crippen MR) is 154 cm³/mol. The number of aliphatic carboxylic acids is 1. The Morgan fingerprint density at radius 2 is 1.88 bits per heavy atom. The standard InChI is InChI=1S/C29H24ClN5O6S/c1-42(40,41)20-7-4-5-17(11-20)12-24(29(38)39)31-27(36)25-21-8-10-33-16-34(15-18(26(21)33)13-22(25)30)28(37)23-14-19-6-2-3-9-35(19)32-23/h2-11,13-14,24H,12,15-16H2,1H3,(H,31,36)(H,38,39)/t24-/m0/s1. The molecular weight excluding hydrogens is 582 g/mol. The molecule has 0 radical (unpaired) electrons. The number of hydrogen-bond acceptors (Lipinski definition) is 6. The van der Waals surface area contributed by atoms with Gasteiger partial charge in [0.25, 0.3) is 11.8 Å². The molecule has 2 aromatic carbocycles. The fourth-order valence-corrected chi connectivity index (χ4v) is 6.28. The van der Waals surface area contributed by atoms with Crippen molar-refractivity contribution in [3.63, 3.8) is 0 Å². The van der Waals surface area contributed by atoms with Gasteiger partial charge in [0, 0.05) is 37.0 Å². The van der Waals surface area contributed by atoms with Crippen LogP contribution in [-0.2, 0) is 34.3 Å². The molecule has 4 heterocycles. The van der Waals surface area contributed by atoms with E-state index in [1.54, 1.807) is 46.1 Å². The summed E-state index contributed by atoms with van der Waals surface area (Å²) < 4.78 is 27.3. The van der Waals surface area contributed by atoms with E-state index in [1.165, 1.54) is 18.2 Å². The number of nitrogens with one attached hydrogen (secondary N) is 1. The van der Waals surface area contributed by atoms with Crippen LogP contribution in [0.15, 0.2) is 78.0 Å². The van der Waals surface area contributed by atoms with Crippen LogP contribution in [0.1, 0.15) is 32.0 Å². The lowest BCUT2D eigenvalue weighted by molar-refractivity contribution is -0.139. The summed E-state index contributed by atoms with van der Waals surface area (Å²) in [5, 5.41) is 17.4. The third-order valence-corrected chi connectivity index (χ3v) is 8.64. The van der Waals surface area contributed by atoms with Gasteiger partial charge in [-0.1, -0.05) is 29.8 Å². The van der Waals surface area contributed by atoms with E-state index in [-0.39, 0.29) is 41.0 Å². The highest BCUT2D eigenvalue weighted by atomic mass is 35.5. The Balaban J connectivity index is 1.26. The average molecular weight is 606 g/mol. The molecule has 0 unspecified atom stereocenters. The fourth-order valence-electron chi connectivity index (χ4n) is 5.27. The van der Waals surface area contributed by atoms with Crippen molar-refractivity contribution < 1.29 is 27.9 Å². The molecule has 3 aromatic heterocycles. The molecular formula is C29H24ClN5O6S. The number of aromatic nitrogens is 3. The Bertz CT molecular complexity index is 2000. The Morgan fingerprint density at radius 3 is 2.62 bits per heavy atom. The van der Waals surface area contributed by atoms with Crippen LogP contribution in [0.4, 0.5) is 0 Å². The van der Waals surface area contributed by atoms with Gasteiger partial charge in [0.15, 0.2) is 15.5 Å². The Morgan fingerprint density at radius 1 is 1.07 bits per heavy atom. The molecule has 0 aliphatic carbocycles. The molecule has 0 saturated carbocycles. The summed E-state index contributed by atoms with van der Waals surface area (Å²) in [5.41, 5.74) is 3.10. The monoisotopic (exact) mass is 605 g/mol. The number of carboxylic acids is 1. The lowest BCUT2D eigenvalue weighted by Crippen LogP contribution is -2.42. The largest absolute Gasteiger partial charge is 0.480 e. The maximum Gasteiger partial charge on any atom is 0.326 e. The van der Waals surface area contributed by atoms with Gasteiger partial charge in [-0.15, -0.1) is 0 Å². The molecule has 0 bridgehead atoms. The Hall–Kier alpha value is -4.68. The van der Waals surface area contributed by atoms with Gasteiger partial charge < -0.3 is 19.9 Å². The minimum atomic E-state index is -3.49. The maximum atomic E-state index is 13.4. The molecule has 42 heavy (non-hydrogen) atoms. The predicted octanol–water partition coefficient (Wildman–Crippen LogP) is 3.39. The van der Waals surface area contributed by atoms with Crippen LogP contribution in [0.2, 0.25) is 5.02 Å². The van der Waals surface area contributed by atoms with E-state index in [0.29, 0.717) is 16.6 Å². The molecule has 6 rings (SSSR count). The molecule has 1 aliphatic heterocycles. The molecule has 0 saturated heterocycles. The average Bonchev–Trinajstić information content (AvgIpc) is 3.57. The molecule has 1 aliphatic rings. The number of carbonyl (C=O) groups excluding carboxylic acids is 2. The van der Waals surface area contributed by atoms with Crippen molar-refractivity contribution in [3.05, 3.63) is 100 Å². The van der Waals surface area contributed by atoms with Gasteiger partial charge >= 0.3 is 5.97 Å². The first-order chi connectivity index (χ1) is 20.0. The third kappa shape index (κ3) is 4.99. The highest BCUT2D eigenvalue weighted by Gasteiger charge is 2.30. The zero-order chi connectivity index (χ0) is 29.8. The molecule has 0 fully saturated rings. The summed E-state index contributed by atoms with van der Waals surface area (Å²) in [6.45, 7) is 0.462. The number of carboxylic acid groups (broad SMARTS) is 1. The lowest BCUT2D eigenvalue weighted by atomic mass is 10.0. The molecule has 13 heteroatoms. The van der Waals surface area contributed by atoms with Crippen molar-refractivity contribution in [2.75, 3.05) is 6.26 Å². The van der Waals surface area contributed by atoms with Gasteiger partial charge in [-0.3, -0.25) is 9.59 Å². The SMILES string of the molecule is CS(=O)(=O)c1cccc(C[C@H](NC(=O)c2c(Cl)cc3c4c2ccn4CN(C(=O)c2cc4ccccn4n2)C3)C(=O)O)c1. The number of rotatable bonds is 7. The summed E-state index contributed by atoms with van der Waals surface area (Å²) in [4.78, 5) is 40.5. The first-order valence-corrected chi connectivity index (χ1v) is 15.1. The lowest BCUT2D eigenvalue weighted by Gasteiger charge is -2.29. The van der Waals surface area contributed by atoms with E-state index >= 15 is 0 Å². The Kier molecular flexibility index (Phi) is 6.74. The molecule has 2 N–H and O–H groups in total. The second-order valence-electron chi connectivity index (χ2n) is 10.2. The van der Waals surface area contributed by atoms with Crippen LogP contribution in [0.3, 0.4) is 0 Å². The first kappa shape index (κ1) is 27.5. The van der Waals surface area contributed by atoms with Gasteiger partial charge in [0.1, 0.15) is 6.04 Å². The summed E-state index contributed by atoms with van der Waals surface area (Å²) in [7, 11) is -3.49. The third-order valence-electron chi connectivity index (χ3n) is 7.23. The fraction of sp³-hybridized carbons (Fsp3) is 0.172. The quantitative estimate of drug-likeness (QED) is 0.289. The van der Waals surface area contributed by atoms with Gasteiger partial charge in [0.2, 0.25) is 0 Å². The number of pyridine rings is 1. The minimum absolute atomic E-state index is 0.0558. The number of amides is 2. The smallest absolute Gasteiger partial charge is 0.326 e. The van der Waals surface area contributed by atoms with E-state index in [9.17, 15) is 27.9 Å². The molecule has 1 atom stereocenters. The Labute approximate surface area is 244 Å². The van der Waals surface area contributed by atoms with Gasteiger partial charge in [0.05, 0.1) is 33.2 Å². The van der Waals surface area contributed by atoms with Crippen LogP contribution in [0.5, 0.6) is 0 Å². The number of fused-ring (bicyclic) bond motifs is 1. The van der Waals surface area contributed by atoms with Gasteiger partial charge in [-0.25, -0.2) is 17.7 Å². The van der Waals surface area contributed by atoms with Crippen molar-refractivity contribution in [2.24, 2.45) is 0 Å². The van der Waals surface area contributed by atoms with E-state index in [0.717, 1.165) is 22.9 Å². The van der Waals surface area contributed by atoms with Crippen LogP contribution in [-0.4, -0.2) is 62.7 Å². The highest BCUT2D eigenvalue weighted by molar-refractivity contribution is 7.90. The molecule has 11 nitrogen and oxygen atoms in total. The zero-order valence-electron chi connectivity index (χ0n) is 22.2. The molecule has 0 spiro atoms. The summed E-state index contributed by atoms with van der Waals surface area (Å²) in [5.74, 6) is -2.22.